The van der Waals surface area contributed by atoms with Crippen molar-refractivity contribution in [1.29, 1.82) is 0 Å². The zero-order chi connectivity index (χ0) is 15.0. The van der Waals surface area contributed by atoms with Gasteiger partial charge in [-0.3, -0.25) is 9.78 Å². The van der Waals surface area contributed by atoms with Crippen molar-refractivity contribution in [2.75, 3.05) is 19.9 Å². The van der Waals surface area contributed by atoms with E-state index in [0.29, 0.717) is 22.9 Å². The van der Waals surface area contributed by atoms with Gasteiger partial charge in [-0.15, -0.1) is 0 Å². The molecule has 6 heteroatoms. The van der Waals surface area contributed by atoms with Crippen molar-refractivity contribution in [2.24, 2.45) is 0 Å². The van der Waals surface area contributed by atoms with E-state index in [0.717, 1.165) is 7.11 Å². The van der Waals surface area contributed by atoms with Crippen LogP contribution in [0.5, 0.6) is 11.5 Å². The molecule has 0 aliphatic carbocycles. The highest BCUT2D eigenvalue weighted by atomic mass is 16.5. The number of ether oxygens (including phenoxy) is 1. The van der Waals surface area contributed by atoms with Crippen LogP contribution in [0, 0.1) is 0 Å². The maximum absolute atomic E-state index is 11.4. The number of hydrogen-bond donors (Lipinski definition) is 3. The third kappa shape index (κ3) is 4.25. The zero-order valence-electron chi connectivity index (χ0n) is 11.3. The highest BCUT2D eigenvalue weighted by Gasteiger charge is 2.06. The van der Waals surface area contributed by atoms with E-state index in [1.807, 2.05) is 0 Å². The lowest BCUT2D eigenvalue weighted by Crippen LogP contribution is -2.18. The van der Waals surface area contributed by atoms with Crippen LogP contribution >= 0.6 is 0 Å². The molecular weight excluding hydrogens is 258 g/mol. The molecule has 0 radical (unpaired) electrons. The highest BCUT2D eigenvalue weighted by Crippen LogP contribution is 2.22. The van der Waals surface area contributed by atoms with Gasteiger partial charge >= 0.3 is 0 Å². The molecule has 0 fully saturated rings. The molecule has 4 N–H and O–H groups in total. The third-order valence-electron chi connectivity index (χ3n) is 2.31. The summed E-state index contributed by atoms with van der Waals surface area (Å²) in [4.78, 5) is 15.4. The first kappa shape index (κ1) is 15.5. The summed E-state index contributed by atoms with van der Waals surface area (Å²) in [6.45, 7) is 0. The Morgan fingerprint density at radius 1 is 1.20 bits per heavy atom. The number of anilines is 1. The second-order valence-corrected chi connectivity index (χ2v) is 3.63. The number of nitrogens with two attached hydrogens (primary N) is 1. The molecule has 0 aliphatic rings. The van der Waals surface area contributed by atoms with Crippen LogP contribution < -0.4 is 15.8 Å². The Bertz CT molecular complexity index is 556. The molecule has 2 rings (SSSR count). The van der Waals surface area contributed by atoms with Crippen molar-refractivity contribution < 1.29 is 14.6 Å². The standard InChI is InChI=1S/C13H13N3O2.CH4O/c1-15-13(17)12-8-11(6-7-16-12)18-10-4-2-9(14)3-5-10;1-2/h2-8H,14H2,1H3,(H,15,17);2H,1H3. The van der Waals surface area contributed by atoms with Gasteiger partial charge in [0.25, 0.3) is 5.91 Å². The molecule has 1 aromatic heterocycles. The van der Waals surface area contributed by atoms with Gasteiger partial charge in [0.2, 0.25) is 0 Å². The van der Waals surface area contributed by atoms with E-state index in [1.54, 1.807) is 43.4 Å². The van der Waals surface area contributed by atoms with Crippen molar-refractivity contribution in [3.05, 3.63) is 48.3 Å². The molecule has 0 unspecified atom stereocenters. The average Bonchev–Trinajstić information content (AvgIpc) is 2.51. The molecule has 20 heavy (non-hydrogen) atoms. The number of nitrogens with one attached hydrogen (secondary N) is 1. The summed E-state index contributed by atoms with van der Waals surface area (Å²) >= 11 is 0. The number of carbonyl (C=O) groups excluding carboxylic acids is 1. The van der Waals surface area contributed by atoms with E-state index in [9.17, 15) is 4.79 Å². The quantitative estimate of drug-likeness (QED) is 0.736. The van der Waals surface area contributed by atoms with Crippen LogP contribution in [0.1, 0.15) is 10.5 Å². The lowest BCUT2D eigenvalue weighted by molar-refractivity contribution is 0.0958. The first-order valence-electron chi connectivity index (χ1n) is 5.85. The Kier molecular flexibility index (Phi) is 5.99. The Morgan fingerprint density at radius 3 is 2.45 bits per heavy atom. The summed E-state index contributed by atoms with van der Waals surface area (Å²) < 4.78 is 5.59. The van der Waals surface area contributed by atoms with E-state index >= 15 is 0 Å². The molecule has 0 spiro atoms. The first-order chi connectivity index (χ1) is 9.69. The minimum absolute atomic E-state index is 0.252. The maximum Gasteiger partial charge on any atom is 0.269 e. The first-order valence-corrected chi connectivity index (χ1v) is 5.85. The van der Waals surface area contributed by atoms with Gasteiger partial charge < -0.3 is 20.9 Å². The molecule has 1 heterocycles. The fourth-order valence-corrected chi connectivity index (χ4v) is 1.40. The molecular formula is C14H17N3O3. The van der Waals surface area contributed by atoms with Gasteiger partial charge in [-0.05, 0) is 30.3 Å². The minimum atomic E-state index is -0.252. The van der Waals surface area contributed by atoms with Crippen molar-refractivity contribution in [3.8, 4) is 11.5 Å². The number of aromatic nitrogens is 1. The van der Waals surface area contributed by atoms with Gasteiger partial charge in [0.1, 0.15) is 17.2 Å². The number of benzene rings is 1. The Hall–Kier alpha value is -2.60. The van der Waals surface area contributed by atoms with Crippen molar-refractivity contribution in [1.82, 2.24) is 10.3 Å². The molecule has 0 aliphatic heterocycles. The predicted molar refractivity (Wildman–Crippen MR) is 76.7 cm³/mol. The number of rotatable bonds is 3. The fourth-order valence-electron chi connectivity index (χ4n) is 1.40. The van der Waals surface area contributed by atoms with Crippen molar-refractivity contribution in [2.45, 2.75) is 0 Å². The molecule has 1 amide bonds. The Balaban J connectivity index is 0.000000956. The third-order valence-corrected chi connectivity index (χ3v) is 2.31. The number of pyridine rings is 1. The monoisotopic (exact) mass is 275 g/mol. The van der Waals surface area contributed by atoms with Gasteiger partial charge in [-0.2, -0.15) is 0 Å². The SMILES string of the molecule is CNC(=O)c1cc(Oc2ccc(N)cc2)ccn1.CO. The second-order valence-electron chi connectivity index (χ2n) is 3.63. The number of aliphatic hydroxyl groups is 1. The molecule has 106 valence electrons. The zero-order valence-corrected chi connectivity index (χ0v) is 11.3. The van der Waals surface area contributed by atoms with E-state index in [4.69, 9.17) is 15.6 Å². The number of nitrogen functional groups attached to an aromatic ring is 1. The van der Waals surface area contributed by atoms with Crippen molar-refractivity contribution >= 4 is 11.6 Å². The number of carbonyl (C=O) groups is 1. The van der Waals surface area contributed by atoms with Crippen LogP contribution in [0.25, 0.3) is 0 Å². The molecule has 0 saturated heterocycles. The summed E-state index contributed by atoms with van der Waals surface area (Å²) in [6.07, 6.45) is 1.53. The summed E-state index contributed by atoms with van der Waals surface area (Å²) in [5.41, 5.74) is 6.56. The smallest absolute Gasteiger partial charge is 0.269 e. The average molecular weight is 275 g/mol. The van der Waals surface area contributed by atoms with Gasteiger partial charge in [-0.25, -0.2) is 0 Å². The number of amides is 1. The van der Waals surface area contributed by atoms with Gasteiger partial charge in [0, 0.05) is 32.1 Å². The molecule has 0 saturated carbocycles. The maximum atomic E-state index is 11.4. The largest absolute Gasteiger partial charge is 0.457 e. The lowest BCUT2D eigenvalue weighted by atomic mass is 10.3. The van der Waals surface area contributed by atoms with E-state index < -0.39 is 0 Å². The molecule has 1 aromatic carbocycles. The lowest BCUT2D eigenvalue weighted by Gasteiger charge is -2.06. The van der Waals surface area contributed by atoms with Crippen LogP contribution in [-0.4, -0.2) is 30.2 Å². The van der Waals surface area contributed by atoms with Crippen LogP contribution in [0.2, 0.25) is 0 Å². The number of aliphatic hydroxyl groups excluding tert-OH is 1. The van der Waals surface area contributed by atoms with Gasteiger partial charge in [-0.1, -0.05) is 0 Å². The predicted octanol–water partition coefficient (Wildman–Crippen LogP) is 1.42. The van der Waals surface area contributed by atoms with Crippen LogP contribution in [0.15, 0.2) is 42.6 Å². The topological polar surface area (TPSA) is 97.5 Å². The molecule has 0 atom stereocenters. The molecule has 6 nitrogen and oxygen atoms in total. The summed E-state index contributed by atoms with van der Waals surface area (Å²) in [5, 5.41) is 9.51. The number of hydrogen-bond acceptors (Lipinski definition) is 5. The van der Waals surface area contributed by atoms with Crippen LogP contribution in [-0.2, 0) is 0 Å². The van der Waals surface area contributed by atoms with Gasteiger partial charge in [0.15, 0.2) is 0 Å². The van der Waals surface area contributed by atoms with Crippen LogP contribution in [0.3, 0.4) is 0 Å². The second kappa shape index (κ2) is 7.75. The Labute approximate surface area is 117 Å². The summed E-state index contributed by atoms with van der Waals surface area (Å²) in [6, 6.07) is 10.3. The van der Waals surface area contributed by atoms with E-state index in [2.05, 4.69) is 10.3 Å². The van der Waals surface area contributed by atoms with E-state index in [1.165, 1.54) is 6.20 Å². The van der Waals surface area contributed by atoms with Crippen molar-refractivity contribution in [3.63, 3.8) is 0 Å². The highest BCUT2D eigenvalue weighted by molar-refractivity contribution is 5.92. The Morgan fingerprint density at radius 2 is 1.85 bits per heavy atom. The summed E-state index contributed by atoms with van der Waals surface area (Å²) in [5.74, 6) is 0.949. The normalized spacial score (nSPS) is 9.15. The molecule has 0 bridgehead atoms. The molecule has 2 aromatic rings. The number of nitrogens with zero attached hydrogens (tertiary/aromatic N) is 1. The van der Waals surface area contributed by atoms with Gasteiger partial charge in [0.05, 0.1) is 0 Å². The summed E-state index contributed by atoms with van der Waals surface area (Å²) in [7, 11) is 2.55. The minimum Gasteiger partial charge on any atom is -0.457 e. The fraction of sp³-hybridized carbons (Fsp3) is 0.143. The van der Waals surface area contributed by atoms with E-state index in [-0.39, 0.29) is 5.91 Å². The van der Waals surface area contributed by atoms with Crippen LogP contribution in [0.4, 0.5) is 5.69 Å².